The molecule has 0 saturated heterocycles. The molecular formula is C23H30N2O5S. The number of sulfonamides is 1. The molecular weight excluding hydrogens is 416 g/mol. The van der Waals surface area contributed by atoms with Crippen molar-refractivity contribution < 1.29 is 23.1 Å². The Hall–Kier alpha value is -2.42. The van der Waals surface area contributed by atoms with Gasteiger partial charge in [-0.3, -0.25) is 4.79 Å². The molecule has 2 aromatic rings. The van der Waals surface area contributed by atoms with Crippen molar-refractivity contribution in [2.24, 2.45) is 11.8 Å². The summed E-state index contributed by atoms with van der Waals surface area (Å²) in [6.45, 7) is 0.199. The first-order valence-corrected chi connectivity index (χ1v) is 12.0. The summed E-state index contributed by atoms with van der Waals surface area (Å²) in [7, 11) is -2.05. The number of aliphatic hydroxyl groups excluding tert-OH is 1. The lowest BCUT2D eigenvalue weighted by molar-refractivity contribution is -0.127. The van der Waals surface area contributed by atoms with Gasteiger partial charge in [0.25, 0.3) is 0 Å². The van der Waals surface area contributed by atoms with Gasteiger partial charge in [-0.2, -0.15) is 0 Å². The van der Waals surface area contributed by atoms with E-state index in [2.05, 4.69) is 10.0 Å². The van der Waals surface area contributed by atoms with E-state index >= 15 is 0 Å². The highest BCUT2D eigenvalue weighted by Crippen LogP contribution is 2.29. The summed E-state index contributed by atoms with van der Waals surface area (Å²) in [6, 6.07) is 15.3. The van der Waals surface area contributed by atoms with Gasteiger partial charge in [0.15, 0.2) is 0 Å². The molecule has 1 aliphatic rings. The number of nitrogens with one attached hydrogen (secondary N) is 2. The fraction of sp³-hybridized carbons (Fsp3) is 0.435. The van der Waals surface area contributed by atoms with Gasteiger partial charge in [-0.05, 0) is 61.4 Å². The highest BCUT2D eigenvalue weighted by Gasteiger charge is 2.28. The van der Waals surface area contributed by atoms with Gasteiger partial charge in [0.05, 0.1) is 24.7 Å². The molecule has 3 rings (SSSR count). The van der Waals surface area contributed by atoms with Crippen LogP contribution in [0.1, 0.15) is 37.3 Å². The second-order valence-electron chi connectivity index (χ2n) is 7.90. The van der Waals surface area contributed by atoms with Crippen molar-refractivity contribution >= 4 is 15.9 Å². The van der Waals surface area contributed by atoms with E-state index in [4.69, 9.17) is 4.74 Å². The Bertz CT molecular complexity index is 940. The third kappa shape index (κ3) is 6.29. The quantitative estimate of drug-likeness (QED) is 0.549. The molecule has 1 atom stereocenters. The minimum absolute atomic E-state index is 0.0554. The summed E-state index contributed by atoms with van der Waals surface area (Å²) in [4.78, 5) is 12.9. The van der Waals surface area contributed by atoms with Gasteiger partial charge < -0.3 is 15.2 Å². The van der Waals surface area contributed by atoms with Crippen molar-refractivity contribution in [1.82, 2.24) is 10.0 Å². The van der Waals surface area contributed by atoms with Crippen molar-refractivity contribution in [3.05, 3.63) is 60.2 Å². The summed E-state index contributed by atoms with van der Waals surface area (Å²) in [5.74, 6) is 0.624. The Labute approximate surface area is 183 Å². The average Bonchev–Trinajstić information content (AvgIpc) is 2.82. The van der Waals surface area contributed by atoms with Crippen LogP contribution in [-0.2, 0) is 14.8 Å². The highest BCUT2D eigenvalue weighted by molar-refractivity contribution is 7.89. The SMILES string of the molecule is COc1ccc(S(=O)(=O)NCC2CCC(C(=O)N[C@H](CO)c3ccccc3)CC2)cc1. The van der Waals surface area contributed by atoms with Crippen LogP contribution in [0.25, 0.3) is 0 Å². The standard InChI is InChI=1S/C23H30N2O5S/c1-30-20-11-13-21(14-12-20)31(28,29)24-15-17-7-9-19(10-8-17)23(27)25-22(16-26)18-5-3-2-4-6-18/h2-6,11-14,17,19,22,24,26H,7-10,15-16H2,1H3,(H,25,27)/t17?,19?,22-/m1/s1. The van der Waals surface area contributed by atoms with Crippen molar-refractivity contribution in [2.75, 3.05) is 20.3 Å². The molecule has 168 valence electrons. The Morgan fingerprint density at radius 1 is 1.06 bits per heavy atom. The van der Waals surface area contributed by atoms with Gasteiger partial charge in [0, 0.05) is 12.5 Å². The largest absolute Gasteiger partial charge is 0.497 e. The number of hydrogen-bond donors (Lipinski definition) is 3. The molecule has 1 fully saturated rings. The number of carbonyl (C=O) groups is 1. The minimum atomic E-state index is -3.58. The molecule has 8 heteroatoms. The molecule has 0 unspecified atom stereocenters. The fourth-order valence-electron chi connectivity index (χ4n) is 3.90. The van der Waals surface area contributed by atoms with E-state index in [0.717, 1.165) is 18.4 Å². The monoisotopic (exact) mass is 446 g/mol. The third-order valence-electron chi connectivity index (χ3n) is 5.85. The lowest BCUT2D eigenvalue weighted by Crippen LogP contribution is -2.38. The minimum Gasteiger partial charge on any atom is -0.497 e. The van der Waals surface area contributed by atoms with E-state index in [1.165, 1.54) is 19.2 Å². The smallest absolute Gasteiger partial charge is 0.240 e. The van der Waals surface area contributed by atoms with Gasteiger partial charge in [-0.15, -0.1) is 0 Å². The molecule has 0 bridgehead atoms. The van der Waals surface area contributed by atoms with Crippen LogP contribution >= 0.6 is 0 Å². The zero-order valence-corrected chi connectivity index (χ0v) is 18.5. The molecule has 0 spiro atoms. The first-order chi connectivity index (χ1) is 14.9. The van der Waals surface area contributed by atoms with Crippen molar-refractivity contribution in [1.29, 1.82) is 0 Å². The fourth-order valence-corrected chi connectivity index (χ4v) is 5.02. The average molecular weight is 447 g/mol. The molecule has 0 aromatic heterocycles. The Balaban J connectivity index is 1.47. The van der Waals surface area contributed by atoms with Crippen molar-refractivity contribution in [3.63, 3.8) is 0 Å². The number of hydrogen-bond acceptors (Lipinski definition) is 5. The molecule has 0 heterocycles. The van der Waals surface area contributed by atoms with Crippen LogP contribution < -0.4 is 14.8 Å². The predicted molar refractivity (Wildman–Crippen MR) is 118 cm³/mol. The second kappa shape index (κ2) is 10.7. The van der Waals surface area contributed by atoms with E-state index in [0.29, 0.717) is 25.1 Å². The number of benzene rings is 2. The second-order valence-corrected chi connectivity index (χ2v) is 9.67. The Morgan fingerprint density at radius 2 is 1.71 bits per heavy atom. The highest BCUT2D eigenvalue weighted by atomic mass is 32.2. The molecule has 7 nitrogen and oxygen atoms in total. The number of aliphatic hydroxyl groups is 1. The van der Waals surface area contributed by atoms with E-state index in [-0.39, 0.29) is 29.2 Å². The maximum Gasteiger partial charge on any atom is 0.240 e. The normalized spacial score (nSPS) is 20.1. The zero-order chi connectivity index (χ0) is 22.3. The lowest BCUT2D eigenvalue weighted by Gasteiger charge is -2.29. The molecule has 3 N–H and O–H groups in total. The van der Waals surface area contributed by atoms with E-state index in [9.17, 15) is 18.3 Å². The summed E-state index contributed by atoms with van der Waals surface area (Å²) >= 11 is 0. The van der Waals surface area contributed by atoms with Crippen LogP contribution in [0.2, 0.25) is 0 Å². The molecule has 1 amide bonds. The van der Waals surface area contributed by atoms with Gasteiger partial charge in [-0.25, -0.2) is 13.1 Å². The van der Waals surface area contributed by atoms with Crippen LogP contribution in [-0.4, -0.2) is 39.7 Å². The molecule has 1 aliphatic carbocycles. The maximum absolute atomic E-state index is 12.7. The lowest BCUT2D eigenvalue weighted by atomic mass is 9.81. The summed E-state index contributed by atoms with van der Waals surface area (Å²) in [5.41, 5.74) is 0.875. The van der Waals surface area contributed by atoms with Crippen LogP contribution in [0.15, 0.2) is 59.5 Å². The number of ether oxygens (including phenoxy) is 1. The van der Waals surface area contributed by atoms with E-state index in [1.54, 1.807) is 12.1 Å². The third-order valence-corrected chi connectivity index (χ3v) is 7.29. The van der Waals surface area contributed by atoms with Crippen LogP contribution in [0.5, 0.6) is 5.75 Å². The Morgan fingerprint density at radius 3 is 2.29 bits per heavy atom. The van der Waals surface area contributed by atoms with Crippen molar-refractivity contribution in [3.8, 4) is 5.75 Å². The summed E-state index contributed by atoms with van der Waals surface area (Å²) in [6.07, 6.45) is 2.96. The number of carbonyl (C=O) groups excluding carboxylic acids is 1. The zero-order valence-electron chi connectivity index (χ0n) is 17.7. The topological polar surface area (TPSA) is 105 Å². The van der Waals surface area contributed by atoms with Crippen LogP contribution in [0.3, 0.4) is 0 Å². The van der Waals surface area contributed by atoms with Gasteiger partial charge in [0.1, 0.15) is 5.75 Å². The van der Waals surface area contributed by atoms with E-state index < -0.39 is 16.1 Å². The van der Waals surface area contributed by atoms with E-state index in [1.807, 2.05) is 30.3 Å². The summed E-state index contributed by atoms with van der Waals surface area (Å²) in [5, 5.41) is 12.6. The number of methoxy groups -OCH3 is 1. The molecule has 2 aromatic carbocycles. The summed E-state index contributed by atoms with van der Waals surface area (Å²) < 4.78 is 32.7. The number of amides is 1. The van der Waals surface area contributed by atoms with Gasteiger partial charge in [-0.1, -0.05) is 30.3 Å². The maximum atomic E-state index is 12.7. The van der Waals surface area contributed by atoms with Crippen molar-refractivity contribution in [2.45, 2.75) is 36.6 Å². The van der Waals surface area contributed by atoms with Gasteiger partial charge >= 0.3 is 0 Å². The number of rotatable bonds is 9. The predicted octanol–water partition coefficient (Wildman–Crippen LogP) is 2.63. The Kier molecular flexibility index (Phi) is 8.06. The first-order valence-electron chi connectivity index (χ1n) is 10.5. The molecule has 31 heavy (non-hydrogen) atoms. The molecule has 1 saturated carbocycles. The van der Waals surface area contributed by atoms with Crippen LogP contribution in [0.4, 0.5) is 0 Å². The molecule has 0 aliphatic heterocycles. The van der Waals surface area contributed by atoms with Crippen LogP contribution in [0, 0.1) is 11.8 Å². The first kappa shape index (κ1) is 23.2. The van der Waals surface area contributed by atoms with Gasteiger partial charge in [0.2, 0.25) is 15.9 Å². The molecule has 0 radical (unpaired) electrons.